The maximum absolute atomic E-state index is 12.6. The zero-order chi connectivity index (χ0) is 15.1. The molecule has 1 saturated carbocycles. The van der Waals surface area contributed by atoms with Gasteiger partial charge in [0.25, 0.3) is 6.43 Å². The lowest BCUT2D eigenvalue weighted by Gasteiger charge is -2.14. The highest BCUT2D eigenvalue weighted by molar-refractivity contribution is 5.85. The Hall–Kier alpha value is -1.54. The molecular weight excluding hydrogens is 326 g/mol. The molecule has 2 aromatic rings. The van der Waals surface area contributed by atoms with Gasteiger partial charge in [-0.3, -0.25) is 0 Å². The van der Waals surface area contributed by atoms with Crippen molar-refractivity contribution in [3.05, 3.63) is 12.4 Å². The van der Waals surface area contributed by atoms with Crippen LogP contribution in [0.5, 0.6) is 0 Å². The van der Waals surface area contributed by atoms with Crippen LogP contribution >= 0.6 is 12.4 Å². The van der Waals surface area contributed by atoms with Gasteiger partial charge in [0, 0.05) is 6.04 Å². The third kappa shape index (κ3) is 3.23. The molecule has 23 heavy (non-hydrogen) atoms. The lowest BCUT2D eigenvalue weighted by Crippen LogP contribution is -2.21. The Morgan fingerprint density at radius 2 is 2.00 bits per heavy atom. The van der Waals surface area contributed by atoms with E-state index in [9.17, 15) is 8.78 Å². The standard InChI is InChI=1S/C14H18F2N6.ClH/c15-12(16)7-22-14-11(5-19-22)18-6-13(21-14)20-10-1-8-3-17-4-9(8)2-10;/h5-6,8-10,12,17H,1-4,7H2,(H,20,21);1H/t8-,9+,10?;. The van der Waals surface area contributed by atoms with Crippen molar-refractivity contribution in [2.45, 2.75) is 31.9 Å². The summed E-state index contributed by atoms with van der Waals surface area (Å²) in [6.07, 6.45) is 2.91. The van der Waals surface area contributed by atoms with Gasteiger partial charge in [0.05, 0.1) is 12.4 Å². The van der Waals surface area contributed by atoms with Crippen molar-refractivity contribution in [3.8, 4) is 0 Å². The molecule has 6 nitrogen and oxygen atoms in total. The zero-order valence-corrected chi connectivity index (χ0v) is 13.3. The number of nitrogens with zero attached hydrogens (tertiary/aromatic N) is 4. The Kier molecular flexibility index (Phi) is 4.63. The minimum Gasteiger partial charge on any atom is -0.366 e. The SMILES string of the molecule is Cl.FC(F)Cn1ncc2ncc(NC3C[C@H]4CNC[C@H]4C3)nc21. The summed E-state index contributed by atoms with van der Waals surface area (Å²) in [5.74, 6) is 2.11. The average Bonchev–Trinajstić information content (AvgIpc) is 3.14. The molecule has 9 heteroatoms. The van der Waals surface area contributed by atoms with Gasteiger partial charge in [0.1, 0.15) is 17.9 Å². The molecule has 2 N–H and O–H groups in total. The van der Waals surface area contributed by atoms with Gasteiger partial charge in [-0.2, -0.15) is 5.10 Å². The van der Waals surface area contributed by atoms with Crippen LogP contribution in [0.15, 0.2) is 12.4 Å². The molecule has 2 fully saturated rings. The molecule has 0 aromatic carbocycles. The maximum Gasteiger partial charge on any atom is 0.258 e. The lowest BCUT2D eigenvalue weighted by molar-refractivity contribution is 0.123. The third-order valence-corrected chi connectivity index (χ3v) is 4.66. The Balaban J connectivity index is 0.00000156. The number of alkyl halides is 2. The van der Waals surface area contributed by atoms with Crippen LogP contribution in [-0.4, -0.2) is 45.3 Å². The number of aromatic nitrogens is 4. The predicted molar refractivity (Wildman–Crippen MR) is 85.1 cm³/mol. The van der Waals surface area contributed by atoms with Crippen LogP contribution in [0, 0.1) is 11.8 Å². The molecular formula is C14H19ClF2N6. The highest BCUT2D eigenvalue weighted by atomic mass is 35.5. The van der Waals surface area contributed by atoms with E-state index in [1.165, 1.54) is 10.9 Å². The van der Waals surface area contributed by atoms with Crippen LogP contribution in [0.2, 0.25) is 0 Å². The first-order chi connectivity index (χ1) is 10.7. The molecule has 0 spiro atoms. The van der Waals surface area contributed by atoms with Crippen LogP contribution in [0.1, 0.15) is 12.8 Å². The molecule has 2 aliphatic rings. The number of halogens is 3. The quantitative estimate of drug-likeness (QED) is 0.887. The van der Waals surface area contributed by atoms with E-state index >= 15 is 0 Å². The summed E-state index contributed by atoms with van der Waals surface area (Å²) in [6.45, 7) is 1.73. The van der Waals surface area contributed by atoms with Crippen LogP contribution in [0.25, 0.3) is 11.2 Å². The van der Waals surface area contributed by atoms with Gasteiger partial charge in [-0.25, -0.2) is 23.4 Å². The first kappa shape index (κ1) is 16.3. The smallest absolute Gasteiger partial charge is 0.258 e. The number of fused-ring (bicyclic) bond motifs is 2. The fourth-order valence-corrected chi connectivity index (χ4v) is 3.68. The normalized spacial score (nSPS) is 26.5. The molecule has 126 valence electrons. The summed E-state index contributed by atoms with van der Waals surface area (Å²) >= 11 is 0. The molecule has 3 atom stereocenters. The van der Waals surface area contributed by atoms with Crippen LogP contribution in [0.3, 0.4) is 0 Å². The van der Waals surface area contributed by atoms with E-state index in [1.54, 1.807) is 6.20 Å². The van der Waals surface area contributed by atoms with E-state index in [-0.39, 0.29) is 12.4 Å². The summed E-state index contributed by atoms with van der Waals surface area (Å²) in [4.78, 5) is 8.68. The Labute approximate surface area is 138 Å². The summed E-state index contributed by atoms with van der Waals surface area (Å²) in [6, 6.07) is 0.385. The van der Waals surface area contributed by atoms with E-state index in [4.69, 9.17) is 0 Å². The molecule has 1 aliphatic heterocycles. The first-order valence-corrected chi connectivity index (χ1v) is 7.63. The van der Waals surface area contributed by atoms with Crippen molar-refractivity contribution in [2.75, 3.05) is 18.4 Å². The lowest BCUT2D eigenvalue weighted by atomic mass is 10.0. The molecule has 0 bridgehead atoms. The van der Waals surface area contributed by atoms with Crippen LogP contribution in [-0.2, 0) is 6.54 Å². The second-order valence-electron chi connectivity index (χ2n) is 6.17. The van der Waals surface area contributed by atoms with Crippen molar-refractivity contribution in [1.82, 2.24) is 25.1 Å². The van der Waals surface area contributed by atoms with E-state index < -0.39 is 13.0 Å². The monoisotopic (exact) mass is 344 g/mol. The van der Waals surface area contributed by atoms with Gasteiger partial charge in [-0.1, -0.05) is 0 Å². The van der Waals surface area contributed by atoms with Gasteiger partial charge < -0.3 is 10.6 Å². The van der Waals surface area contributed by atoms with Crippen molar-refractivity contribution in [2.24, 2.45) is 11.8 Å². The molecule has 0 radical (unpaired) electrons. The summed E-state index contributed by atoms with van der Waals surface area (Å²) < 4.78 is 26.3. The molecule has 0 amide bonds. The number of anilines is 1. The Morgan fingerprint density at radius 1 is 1.26 bits per heavy atom. The van der Waals surface area contributed by atoms with Gasteiger partial charge >= 0.3 is 0 Å². The molecule has 2 aromatic heterocycles. The first-order valence-electron chi connectivity index (χ1n) is 7.63. The minimum absolute atomic E-state index is 0. The molecule has 1 saturated heterocycles. The highest BCUT2D eigenvalue weighted by Crippen LogP contribution is 2.35. The largest absolute Gasteiger partial charge is 0.366 e. The van der Waals surface area contributed by atoms with Crippen molar-refractivity contribution < 1.29 is 8.78 Å². The van der Waals surface area contributed by atoms with Crippen LogP contribution in [0.4, 0.5) is 14.6 Å². The predicted octanol–water partition coefficient (Wildman–Crippen LogP) is 1.92. The highest BCUT2D eigenvalue weighted by Gasteiger charge is 2.37. The zero-order valence-electron chi connectivity index (χ0n) is 12.5. The topological polar surface area (TPSA) is 67.7 Å². The van der Waals surface area contributed by atoms with Gasteiger partial charge in [-0.15, -0.1) is 12.4 Å². The summed E-state index contributed by atoms with van der Waals surface area (Å²) in [5.41, 5.74) is 0.948. The van der Waals surface area contributed by atoms with E-state index in [2.05, 4.69) is 25.7 Å². The third-order valence-electron chi connectivity index (χ3n) is 4.66. The fraction of sp³-hybridized carbons (Fsp3) is 0.643. The maximum atomic E-state index is 12.6. The Morgan fingerprint density at radius 3 is 2.70 bits per heavy atom. The second kappa shape index (κ2) is 6.52. The molecule has 1 unspecified atom stereocenters. The van der Waals surface area contributed by atoms with Crippen molar-refractivity contribution in [1.29, 1.82) is 0 Å². The van der Waals surface area contributed by atoms with Gasteiger partial charge in [0.15, 0.2) is 5.65 Å². The summed E-state index contributed by atoms with van der Waals surface area (Å²) in [5, 5.41) is 10.7. The number of hydrogen-bond donors (Lipinski definition) is 2. The molecule has 3 heterocycles. The number of rotatable bonds is 4. The second-order valence-corrected chi connectivity index (χ2v) is 6.17. The van der Waals surface area contributed by atoms with E-state index in [0.717, 1.165) is 37.8 Å². The average molecular weight is 345 g/mol. The number of nitrogens with one attached hydrogen (secondary N) is 2. The van der Waals surface area contributed by atoms with Crippen LogP contribution < -0.4 is 10.6 Å². The van der Waals surface area contributed by atoms with Gasteiger partial charge in [-0.05, 0) is 37.8 Å². The molecule has 1 aliphatic carbocycles. The fourth-order valence-electron chi connectivity index (χ4n) is 3.68. The van der Waals surface area contributed by atoms with Crippen molar-refractivity contribution >= 4 is 29.4 Å². The number of hydrogen-bond acceptors (Lipinski definition) is 5. The van der Waals surface area contributed by atoms with E-state index in [0.29, 0.717) is 23.0 Å². The van der Waals surface area contributed by atoms with Gasteiger partial charge in [0.2, 0.25) is 0 Å². The molecule has 4 rings (SSSR count). The van der Waals surface area contributed by atoms with Crippen molar-refractivity contribution in [3.63, 3.8) is 0 Å². The minimum atomic E-state index is -2.46. The van der Waals surface area contributed by atoms with E-state index in [1.807, 2.05) is 0 Å². The summed E-state index contributed by atoms with van der Waals surface area (Å²) in [7, 11) is 0. The Bertz CT molecular complexity index is 666.